The maximum absolute atomic E-state index is 12.3. The van der Waals surface area contributed by atoms with E-state index in [0.29, 0.717) is 13.1 Å². The summed E-state index contributed by atoms with van der Waals surface area (Å²) in [4.78, 5) is 25.8. The van der Waals surface area contributed by atoms with Gasteiger partial charge in [0.2, 0.25) is 11.8 Å². The lowest BCUT2D eigenvalue weighted by atomic mass is 10.2. The zero-order valence-corrected chi connectivity index (χ0v) is 12.3. The maximum Gasteiger partial charge on any atom is 0.241 e. The number of nitrogens with two attached hydrogens (primary N) is 1. The highest BCUT2D eigenvalue weighted by Gasteiger charge is 2.24. The van der Waals surface area contributed by atoms with Crippen molar-refractivity contribution < 1.29 is 9.59 Å². The van der Waals surface area contributed by atoms with Gasteiger partial charge >= 0.3 is 0 Å². The molecule has 0 radical (unpaired) electrons. The fourth-order valence-corrected chi connectivity index (χ4v) is 2.35. The van der Waals surface area contributed by atoms with E-state index in [9.17, 15) is 9.59 Å². The van der Waals surface area contributed by atoms with Crippen LogP contribution in [0.5, 0.6) is 0 Å². The molecule has 1 fully saturated rings. The van der Waals surface area contributed by atoms with E-state index >= 15 is 0 Å². The summed E-state index contributed by atoms with van der Waals surface area (Å²) in [6.45, 7) is 3.92. The topological polar surface area (TPSA) is 87.5 Å². The molecule has 1 aliphatic rings. The molecule has 21 heavy (non-hydrogen) atoms. The number of anilines is 1. The number of hydrogen-bond acceptors (Lipinski definition) is 4. The highest BCUT2D eigenvalue weighted by atomic mass is 16.2. The Kier molecular flexibility index (Phi) is 5.30. The van der Waals surface area contributed by atoms with Gasteiger partial charge in [-0.05, 0) is 31.0 Å². The van der Waals surface area contributed by atoms with E-state index in [1.807, 2.05) is 36.1 Å². The van der Waals surface area contributed by atoms with E-state index in [2.05, 4.69) is 10.6 Å². The quantitative estimate of drug-likeness (QED) is 0.744. The van der Waals surface area contributed by atoms with Crippen molar-refractivity contribution in [2.75, 3.05) is 25.0 Å². The molecular formula is C15H22N4O2. The van der Waals surface area contributed by atoms with Crippen molar-refractivity contribution in [3.05, 3.63) is 29.8 Å². The summed E-state index contributed by atoms with van der Waals surface area (Å²) in [7, 11) is 0. The van der Waals surface area contributed by atoms with Crippen LogP contribution in [-0.2, 0) is 16.1 Å². The molecule has 0 aliphatic carbocycles. The number of rotatable bonds is 4. The number of amides is 2. The third-order valence-electron chi connectivity index (χ3n) is 3.65. The molecule has 0 bridgehead atoms. The number of hydrogen-bond donors (Lipinski definition) is 3. The molecule has 1 atom stereocenters. The van der Waals surface area contributed by atoms with Gasteiger partial charge in [-0.3, -0.25) is 14.5 Å². The van der Waals surface area contributed by atoms with Gasteiger partial charge in [0.15, 0.2) is 0 Å². The summed E-state index contributed by atoms with van der Waals surface area (Å²) in [6, 6.07) is 7.12. The minimum atomic E-state index is -0.351. The lowest BCUT2D eigenvalue weighted by Crippen LogP contribution is -2.45. The zero-order chi connectivity index (χ0) is 15.2. The van der Waals surface area contributed by atoms with E-state index in [4.69, 9.17) is 5.73 Å². The predicted octanol–water partition coefficient (Wildman–Crippen LogP) is 0.294. The van der Waals surface area contributed by atoms with Gasteiger partial charge in [0.25, 0.3) is 0 Å². The Morgan fingerprint density at radius 2 is 2.33 bits per heavy atom. The van der Waals surface area contributed by atoms with Gasteiger partial charge in [-0.15, -0.1) is 0 Å². The molecule has 1 saturated heterocycles. The number of benzene rings is 1. The van der Waals surface area contributed by atoms with Crippen molar-refractivity contribution in [1.82, 2.24) is 10.2 Å². The van der Waals surface area contributed by atoms with Crippen molar-refractivity contribution >= 4 is 17.5 Å². The molecule has 0 spiro atoms. The van der Waals surface area contributed by atoms with Gasteiger partial charge in [-0.25, -0.2) is 0 Å². The van der Waals surface area contributed by atoms with Gasteiger partial charge in [-0.2, -0.15) is 0 Å². The molecule has 2 amide bonds. The molecule has 1 aromatic rings. The van der Waals surface area contributed by atoms with E-state index < -0.39 is 0 Å². The van der Waals surface area contributed by atoms with E-state index in [0.717, 1.165) is 24.2 Å². The standard InChI is InChI=1S/C15H22N4O2/c1-11(19-7-3-6-17-14(20)10-19)15(21)18-13-5-2-4-12(8-13)9-16/h2,4-5,8,11H,3,6-7,9-10,16H2,1H3,(H,17,20)(H,18,21). The number of nitrogens with zero attached hydrogens (tertiary/aromatic N) is 1. The largest absolute Gasteiger partial charge is 0.355 e. The first-order valence-corrected chi connectivity index (χ1v) is 7.21. The minimum absolute atomic E-state index is 0.0303. The van der Waals surface area contributed by atoms with Crippen LogP contribution in [0.15, 0.2) is 24.3 Å². The Morgan fingerprint density at radius 1 is 1.52 bits per heavy atom. The van der Waals surface area contributed by atoms with Crippen molar-refractivity contribution in [2.45, 2.75) is 25.9 Å². The minimum Gasteiger partial charge on any atom is -0.355 e. The molecule has 6 nitrogen and oxygen atoms in total. The third kappa shape index (κ3) is 4.27. The summed E-state index contributed by atoms with van der Waals surface area (Å²) in [5, 5.41) is 5.69. The van der Waals surface area contributed by atoms with E-state index in [1.165, 1.54) is 0 Å². The average Bonchev–Trinajstić information content (AvgIpc) is 2.71. The number of nitrogens with one attached hydrogen (secondary N) is 2. The van der Waals surface area contributed by atoms with Gasteiger partial charge in [0.1, 0.15) is 0 Å². The van der Waals surface area contributed by atoms with Crippen LogP contribution >= 0.6 is 0 Å². The van der Waals surface area contributed by atoms with Crippen LogP contribution in [0.4, 0.5) is 5.69 Å². The van der Waals surface area contributed by atoms with Gasteiger partial charge in [0.05, 0.1) is 12.6 Å². The molecule has 2 rings (SSSR count). The Hall–Kier alpha value is -1.92. The number of carbonyl (C=O) groups is 2. The van der Waals surface area contributed by atoms with Crippen molar-refractivity contribution in [1.29, 1.82) is 0 Å². The summed E-state index contributed by atoms with van der Waals surface area (Å²) < 4.78 is 0. The first-order valence-electron chi connectivity index (χ1n) is 7.21. The second-order valence-corrected chi connectivity index (χ2v) is 5.24. The van der Waals surface area contributed by atoms with Crippen LogP contribution < -0.4 is 16.4 Å². The Bertz CT molecular complexity index is 518. The molecule has 6 heteroatoms. The fourth-order valence-electron chi connectivity index (χ4n) is 2.35. The van der Waals surface area contributed by atoms with Gasteiger partial charge in [-0.1, -0.05) is 12.1 Å². The molecule has 0 aromatic heterocycles. The van der Waals surface area contributed by atoms with Gasteiger partial charge < -0.3 is 16.4 Å². The zero-order valence-electron chi connectivity index (χ0n) is 12.3. The van der Waals surface area contributed by atoms with Crippen LogP contribution in [-0.4, -0.2) is 42.4 Å². The smallest absolute Gasteiger partial charge is 0.241 e. The third-order valence-corrected chi connectivity index (χ3v) is 3.65. The SMILES string of the molecule is CC(C(=O)Nc1cccc(CN)c1)N1CCCNC(=O)C1. The lowest BCUT2D eigenvalue weighted by molar-refractivity contribution is -0.124. The van der Waals surface area contributed by atoms with Crippen molar-refractivity contribution in [3.63, 3.8) is 0 Å². The van der Waals surface area contributed by atoms with E-state index in [1.54, 1.807) is 0 Å². The van der Waals surface area contributed by atoms with Crippen LogP contribution in [0.1, 0.15) is 18.9 Å². The van der Waals surface area contributed by atoms with Gasteiger partial charge in [0, 0.05) is 25.3 Å². The summed E-state index contributed by atoms with van der Waals surface area (Å²) in [5.74, 6) is -0.142. The summed E-state index contributed by atoms with van der Waals surface area (Å²) in [5.41, 5.74) is 7.29. The predicted molar refractivity (Wildman–Crippen MR) is 81.6 cm³/mol. The fraction of sp³-hybridized carbons (Fsp3) is 0.467. The summed E-state index contributed by atoms with van der Waals surface area (Å²) >= 11 is 0. The van der Waals surface area contributed by atoms with E-state index in [-0.39, 0.29) is 24.4 Å². The lowest BCUT2D eigenvalue weighted by Gasteiger charge is -2.25. The molecule has 4 N–H and O–H groups in total. The molecule has 1 heterocycles. The molecular weight excluding hydrogens is 268 g/mol. The second-order valence-electron chi connectivity index (χ2n) is 5.24. The highest BCUT2D eigenvalue weighted by Crippen LogP contribution is 2.12. The summed E-state index contributed by atoms with van der Waals surface area (Å²) in [6.07, 6.45) is 0.853. The number of carbonyl (C=O) groups excluding carboxylic acids is 2. The second kappa shape index (κ2) is 7.19. The van der Waals surface area contributed by atoms with Crippen LogP contribution in [0.3, 0.4) is 0 Å². The highest BCUT2D eigenvalue weighted by molar-refractivity contribution is 5.95. The normalized spacial score (nSPS) is 17.7. The first-order chi connectivity index (χ1) is 10.1. The molecule has 0 saturated carbocycles. The molecule has 1 aromatic carbocycles. The molecule has 1 unspecified atom stereocenters. The van der Waals surface area contributed by atoms with Crippen LogP contribution in [0.2, 0.25) is 0 Å². The first kappa shape index (κ1) is 15.5. The molecule has 114 valence electrons. The monoisotopic (exact) mass is 290 g/mol. The Labute approximate surface area is 124 Å². The maximum atomic E-state index is 12.3. The molecule has 1 aliphatic heterocycles. The Balaban J connectivity index is 1.99. The van der Waals surface area contributed by atoms with Crippen molar-refractivity contribution in [2.24, 2.45) is 5.73 Å². The average molecular weight is 290 g/mol. The van der Waals surface area contributed by atoms with Crippen LogP contribution in [0.25, 0.3) is 0 Å². The van der Waals surface area contributed by atoms with Crippen LogP contribution in [0, 0.1) is 0 Å². The van der Waals surface area contributed by atoms with Crippen molar-refractivity contribution in [3.8, 4) is 0 Å². The Morgan fingerprint density at radius 3 is 3.10 bits per heavy atom.